The van der Waals surface area contributed by atoms with E-state index in [1.807, 2.05) is 0 Å². The number of hydrogen-bond acceptors (Lipinski definition) is 5. The van der Waals surface area contributed by atoms with Crippen molar-refractivity contribution < 1.29 is 26.4 Å². The number of halogens is 4. The first-order valence-corrected chi connectivity index (χ1v) is 8.02. The molecule has 0 saturated carbocycles. The Hall–Kier alpha value is -2.14. The first-order valence-electron chi connectivity index (χ1n) is 5.75. The average molecular weight is 369 g/mol. The van der Waals surface area contributed by atoms with Crippen LogP contribution in [-0.4, -0.2) is 35.3 Å². The normalized spacial score (nSPS) is 12.4. The molecule has 124 valence electrons. The number of aromatic nitrogens is 3. The van der Waals surface area contributed by atoms with Gasteiger partial charge in [0.2, 0.25) is 0 Å². The quantitative estimate of drug-likeness (QED) is 0.882. The van der Waals surface area contributed by atoms with E-state index < -0.39 is 38.3 Å². The Morgan fingerprint density at radius 1 is 1.35 bits per heavy atom. The summed E-state index contributed by atoms with van der Waals surface area (Å²) in [5, 5.41) is 2.53. The second-order valence-electron chi connectivity index (χ2n) is 4.41. The SMILES string of the molecule is CS(=O)(=O)c1ccc(-n2nc(C(F)(F)F)c(C(N)=O)c2Cl)nc1. The maximum absolute atomic E-state index is 12.9. The van der Waals surface area contributed by atoms with E-state index in [2.05, 4.69) is 10.1 Å². The van der Waals surface area contributed by atoms with Crippen molar-refractivity contribution in [2.75, 3.05) is 6.26 Å². The van der Waals surface area contributed by atoms with E-state index in [1.165, 1.54) is 0 Å². The molecular weight excluding hydrogens is 361 g/mol. The zero-order chi connectivity index (χ0) is 17.6. The average Bonchev–Trinajstić information content (AvgIpc) is 2.75. The molecule has 23 heavy (non-hydrogen) atoms. The third-order valence-electron chi connectivity index (χ3n) is 2.71. The first kappa shape index (κ1) is 17.2. The van der Waals surface area contributed by atoms with E-state index in [-0.39, 0.29) is 10.7 Å². The molecule has 2 heterocycles. The minimum Gasteiger partial charge on any atom is -0.365 e. The van der Waals surface area contributed by atoms with E-state index in [0.717, 1.165) is 24.6 Å². The van der Waals surface area contributed by atoms with Gasteiger partial charge in [-0.15, -0.1) is 0 Å². The number of rotatable bonds is 3. The summed E-state index contributed by atoms with van der Waals surface area (Å²) in [6, 6.07) is 2.22. The molecule has 0 saturated heterocycles. The molecule has 0 atom stereocenters. The van der Waals surface area contributed by atoms with Gasteiger partial charge < -0.3 is 5.73 Å². The second-order valence-corrected chi connectivity index (χ2v) is 6.79. The van der Waals surface area contributed by atoms with Crippen molar-refractivity contribution in [1.82, 2.24) is 14.8 Å². The number of pyridine rings is 1. The molecule has 0 bridgehead atoms. The predicted octanol–water partition coefficient (Wildman–Crippen LogP) is 1.44. The van der Waals surface area contributed by atoms with Crippen LogP contribution in [0.25, 0.3) is 5.82 Å². The van der Waals surface area contributed by atoms with Crippen LogP contribution in [0.1, 0.15) is 16.1 Å². The van der Waals surface area contributed by atoms with Gasteiger partial charge in [-0.25, -0.2) is 18.1 Å². The van der Waals surface area contributed by atoms with Crippen molar-refractivity contribution in [3.05, 3.63) is 34.7 Å². The summed E-state index contributed by atoms with van der Waals surface area (Å²) in [7, 11) is -3.53. The Morgan fingerprint density at radius 3 is 2.30 bits per heavy atom. The van der Waals surface area contributed by atoms with Gasteiger partial charge >= 0.3 is 6.18 Å². The van der Waals surface area contributed by atoms with Crippen LogP contribution in [0, 0.1) is 0 Å². The van der Waals surface area contributed by atoms with Crippen LogP contribution in [0.3, 0.4) is 0 Å². The van der Waals surface area contributed by atoms with Gasteiger partial charge in [0.15, 0.2) is 21.3 Å². The maximum atomic E-state index is 12.9. The van der Waals surface area contributed by atoms with Crippen LogP contribution >= 0.6 is 11.6 Å². The number of hydrogen-bond donors (Lipinski definition) is 1. The Bertz CT molecular complexity index is 875. The molecule has 7 nitrogen and oxygen atoms in total. The zero-order valence-electron chi connectivity index (χ0n) is 11.3. The maximum Gasteiger partial charge on any atom is 0.436 e. The predicted molar refractivity (Wildman–Crippen MR) is 73.0 cm³/mol. The number of alkyl halides is 3. The molecule has 2 N–H and O–H groups in total. The fourth-order valence-corrected chi connectivity index (χ4v) is 2.55. The van der Waals surface area contributed by atoms with Crippen LogP contribution < -0.4 is 5.73 Å². The van der Waals surface area contributed by atoms with E-state index in [9.17, 15) is 26.4 Å². The molecule has 2 aromatic rings. The first-order chi connectivity index (χ1) is 10.4. The zero-order valence-corrected chi connectivity index (χ0v) is 12.9. The topological polar surface area (TPSA) is 108 Å². The summed E-state index contributed by atoms with van der Waals surface area (Å²) in [6.07, 6.45) is -3.08. The van der Waals surface area contributed by atoms with Crippen molar-refractivity contribution in [2.45, 2.75) is 11.1 Å². The number of carbonyl (C=O) groups is 1. The Kier molecular flexibility index (Phi) is 4.11. The Morgan fingerprint density at radius 2 is 1.96 bits per heavy atom. The lowest BCUT2D eigenvalue weighted by molar-refractivity contribution is -0.141. The van der Waals surface area contributed by atoms with Gasteiger partial charge in [-0.2, -0.15) is 18.3 Å². The molecule has 0 aliphatic carbocycles. The third kappa shape index (κ3) is 3.29. The van der Waals surface area contributed by atoms with Crippen molar-refractivity contribution >= 4 is 27.3 Å². The van der Waals surface area contributed by atoms with Gasteiger partial charge in [-0.3, -0.25) is 4.79 Å². The highest BCUT2D eigenvalue weighted by molar-refractivity contribution is 7.90. The van der Waals surface area contributed by atoms with E-state index in [0.29, 0.717) is 4.68 Å². The van der Waals surface area contributed by atoms with Crippen LogP contribution in [0.4, 0.5) is 13.2 Å². The number of primary amides is 1. The number of carbonyl (C=O) groups excluding carboxylic acids is 1. The highest BCUT2D eigenvalue weighted by Gasteiger charge is 2.41. The fourth-order valence-electron chi connectivity index (χ4n) is 1.68. The van der Waals surface area contributed by atoms with Crippen LogP contribution in [0.15, 0.2) is 23.2 Å². The molecule has 0 unspecified atom stereocenters. The summed E-state index contributed by atoms with van der Waals surface area (Å²) >= 11 is 5.74. The minimum atomic E-state index is -4.95. The van der Waals surface area contributed by atoms with Gasteiger partial charge in [-0.1, -0.05) is 11.6 Å². The largest absolute Gasteiger partial charge is 0.436 e. The molecule has 0 fully saturated rings. The number of nitrogens with two attached hydrogens (primary N) is 1. The second kappa shape index (κ2) is 5.49. The minimum absolute atomic E-state index is 0.143. The van der Waals surface area contributed by atoms with E-state index in [4.69, 9.17) is 17.3 Å². The lowest BCUT2D eigenvalue weighted by Crippen LogP contribution is -2.18. The summed E-state index contributed by atoms with van der Waals surface area (Å²) in [5.41, 5.74) is 2.36. The van der Waals surface area contributed by atoms with Crippen molar-refractivity contribution in [3.8, 4) is 5.82 Å². The molecule has 2 aromatic heterocycles. The molecule has 12 heteroatoms. The smallest absolute Gasteiger partial charge is 0.365 e. The lowest BCUT2D eigenvalue weighted by atomic mass is 10.2. The van der Waals surface area contributed by atoms with Crippen LogP contribution in [0.2, 0.25) is 5.15 Å². The van der Waals surface area contributed by atoms with Crippen LogP contribution in [0.5, 0.6) is 0 Å². The molecule has 0 radical (unpaired) electrons. The van der Waals surface area contributed by atoms with Gasteiger partial charge in [0.05, 0.1) is 4.90 Å². The van der Waals surface area contributed by atoms with Gasteiger partial charge in [0, 0.05) is 12.5 Å². The highest BCUT2D eigenvalue weighted by Crippen LogP contribution is 2.35. The third-order valence-corrected chi connectivity index (χ3v) is 4.16. The summed E-state index contributed by atoms with van der Waals surface area (Å²) in [6.45, 7) is 0. The van der Waals surface area contributed by atoms with Crippen molar-refractivity contribution in [1.29, 1.82) is 0 Å². The van der Waals surface area contributed by atoms with Crippen molar-refractivity contribution in [3.63, 3.8) is 0 Å². The molecule has 0 aliphatic rings. The number of sulfone groups is 1. The summed E-state index contributed by atoms with van der Waals surface area (Å²) < 4.78 is 61.9. The van der Waals surface area contributed by atoms with Gasteiger partial charge in [-0.05, 0) is 12.1 Å². The van der Waals surface area contributed by atoms with Gasteiger partial charge in [0.1, 0.15) is 10.7 Å². The van der Waals surface area contributed by atoms with Gasteiger partial charge in [0.25, 0.3) is 5.91 Å². The molecule has 2 rings (SSSR count). The summed E-state index contributed by atoms with van der Waals surface area (Å²) in [5.74, 6) is -1.61. The van der Waals surface area contributed by atoms with E-state index in [1.54, 1.807) is 0 Å². The number of nitrogens with zero attached hydrogens (tertiary/aromatic N) is 3. The van der Waals surface area contributed by atoms with Crippen molar-refractivity contribution in [2.24, 2.45) is 5.73 Å². The molecular formula is C11H8ClF3N4O3S. The molecule has 0 spiro atoms. The van der Waals surface area contributed by atoms with E-state index >= 15 is 0 Å². The number of amides is 1. The lowest BCUT2D eigenvalue weighted by Gasteiger charge is -2.03. The molecule has 1 amide bonds. The highest BCUT2D eigenvalue weighted by atomic mass is 35.5. The standard InChI is InChI=1S/C11H8ClF3N4O3S/c1-23(21,22)5-2-3-6(17-4-5)19-9(12)7(10(16)20)8(18-19)11(13,14)15/h2-4H,1H3,(H2,16,20). The summed E-state index contributed by atoms with van der Waals surface area (Å²) in [4.78, 5) is 14.8. The Balaban J connectivity index is 2.63. The van der Waals surface area contributed by atoms with Crippen LogP contribution in [-0.2, 0) is 16.0 Å². The molecule has 0 aromatic carbocycles. The molecule has 0 aliphatic heterocycles. The monoisotopic (exact) mass is 368 g/mol. The fraction of sp³-hybridized carbons (Fsp3) is 0.182. The Labute approximate surface area is 132 Å².